The molecule has 1 saturated heterocycles. The number of hydrogen-bond acceptors (Lipinski definition) is 3. The summed E-state index contributed by atoms with van der Waals surface area (Å²) in [6, 6.07) is 19.6. The van der Waals surface area contributed by atoms with Crippen molar-refractivity contribution >= 4 is 9.84 Å². The van der Waals surface area contributed by atoms with Gasteiger partial charge in [-0.05, 0) is 89.1 Å². The van der Waals surface area contributed by atoms with Crippen LogP contribution in [0.2, 0.25) is 0 Å². The monoisotopic (exact) mass is 413 g/mol. The van der Waals surface area contributed by atoms with E-state index in [1.54, 1.807) is 24.3 Å². The average molecular weight is 414 g/mol. The standard InChI is InChI=1S/C25H35NO2S/c1-25(2,29(27,28)24-14-7-4-8-15-24)18-10-20-26-19-9-13-23(21-26)17-16-22-11-5-3-6-12-22/h3-8,11-12,14-15,23H,9-10,13,16-21H2,1-2H3. The van der Waals surface area contributed by atoms with Gasteiger partial charge in [0.15, 0.2) is 9.84 Å². The fourth-order valence-corrected chi connectivity index (χ4v) is 5.95. The van der Waals surface area contributed by atoms with Crippen LogP contribution in [0.5, 0.6) is 0 Å². The fourth-order valence-electron chi connectivity index (χ4n) is 4.39. The number of benzene rings is 2. The molecule has 29 heavy (non-hydrogen) atoms. The highest BCUT2D eigenvalue weighted by atomic mass is 32.2. The molecule has 1 heterocycles. The van der Waals surface area contributed by atoms with Gasteiger partial charge in [-0.3, -0.25) is 0 Å². The van der Waals surface area contributed by atoms with Crippen LogP contribution in [0, 0.1) is 5.92 Å². The third kappa shape index (κ3) is 5.93. The van der Waals surface area contributed by atoms with E-state index in [1.165, 1.54) is 24.8 Å². The Balaban J connectivity index is 1.47. The van der Waals surface area contributed by atoms with Crippen molar-refractivity contribution in [2.75, 3.05) is 19.6 Å². The maximum atomic E-state index is 13.0. The second-order valence-electron chi connectivity index (χ2n) is 9.01. The van der Waals surface area contributed by atoms with Crippen molar-refractivity contribution < 1.29 is 8.42 Å². The Kier molecular flexibility index (Phi) is 7.53. The number of rotatable bonds is 9. The van der Waals surface area contributed by atoms with Crippen molar-refractivity contribution in [3.05, 3.63) is 66.2 Å². The molecule has 0 N–H and O–H groups in total. The summed E-state index contributed by atoms with van der Waals surface area (Å²) in [6.07, 6.45) is 6.58. The number of likely N-dealkylation sites (tertiary alicyclic amines) is 1. The fraction of sp³-hybridized carbons (Fsp3) is 0.520. The number of nitrogens with zero attached hydrogens (tertiary/aromatic N) is 1. The first kappa shape index (κ1) is 22.0. The van der Waals surface area contributed by atoms with Crippen molar-refractivity contribution in [3.8, 4) is 0 Å². The van der Waals surface area contributed by atoms with Crippen LogP contribution in [0.3, 0.4) is 0 Å². The van der Waals surface area contributed by atoms with E-state index in [2.05, 4.69) is 35.2 Å². The van der Waals surface area contributed by atoms with Crippen molar-refractivity contribution in [1.29, 1.82) is 0 Å². The van der Waals surface area contributed by atoms with Gasteiger partial charge < -0.3 is 4.90 Å². The number of piperidine rings is 1. The molecule has 1 unspecified atom stereocenters. The zero-order valence-electron chi connectivity index (χ0n) is 17.9. The number of hydrogen-bond donors (Lipinski definition) is 0. The largest absolute Gasteiger partial charge is 0.303 e. The molecule has 3 rings (SSSR count). The molecule has 0 saturated carbocycles. The lowest BCUT2D eigenvalue weighted by Crippen LogP contribution is -2.38. The lowest BCUT2D eigenvalue weighted by atomic mass is 9.91. The predicted molar refractivity (Wildman–Crippen MR) is 121 cm³/mol. The molecule has 1 aliphatic heterocycles. The minimum Gasteiger partial charge on any atom is -0.303 e. The molecule has 0 spiro atoms. The van der Waals surface area contributed by atoms with E-state index in [1.807, 2.05) is 19.9 Å². The number of aryl methyl sites for hydroxylation is 1. The first-order valence-electron chi connectivity index (χ1n) is 10.9. The molecule has 0 aromatic heterocycles. The van der Waals surface area contributed by atoms with E-state index in [-0.39, 0.29) is 0 Å². The summed E-state index contributed by atoms with van der Waals surface area (Å²) in [4.78, 5) is 2.98. The van der Waals surface area contributed by atoms with Gasteiger partial charge in [-0.25, -0.2) is 8.42 Å². The molecule has 2 aromatic carbocycles. The molecule has 4 heteroatoms. The molecule has 0 amide bonds. The Morgan fingerprint density at radius 2 is 1.66 bits per heavy atom. The molecule has 2 aromatic rings. The van der Waals surface area contributed by atoms with Crippen molar-refractivity contribution in [2.45, 2.75) is 62.0 Å². The highest BCUT2D eigenvalue weighted by Gasteiger charge is 2.35. The summed E-state index contributed by atoms with van der Waals surface area (Å²) in [5, 5.41) is 0. The Hall–Kier alpha value is -1.65. The van der Waals surface area contributed by atoms with Crippen LogP contribution >= 0.6 is 0 Å². The Labute approximate surface area is 177 Å². The Morgan fingerprint density at radius 3 is 2.34 bits per heavy atom. The summed E-state index contributed by atoms with van der Waals surface area (Å²) < 4.78 is 25.2. The van der Waals surface area contributed by atoms with Gasteiger partial charge in [0.25, 0.3) is 0 Å². The van der Waals surface area contributed by atoms with E-state index < -0.39 is 14.6 Å². The summed E-state index contributed by atoms with van der Waals surface area (Å²) in [5.41, 5.74) is 1.43. The second-order valence-corrected chi connectivity index (χ2v) is 11.6. The molecule has 3 nitrogen and oxygen atoms in total. The van der Waals surface area contributed by atoms with Gasteiger partial charge in [0.2, 0.25) is 0 Å². The van der Waals surface area contributed by atoms with Crippen LogP contribution in [0.25, 0.3) is 0 Å². The van der Waals surface area contributed by atoms with Gasteiger partial charge in [-0.1, -0.05) is 48.5 Å². The van der Waals surface area contributed by atoms with Gasteiger partial charge in [-0.15, -0.1) is 0 Å². The van der Waals surface area contributed by atoms with Gasteiger partial charge in [0.1, 0.15) is 0 Å². The van der Waals surface area contributed by atoms with Crippen molar-refractivity contribution in [3.63, 3.8) is 0 Å². The van der Waals surface area contributed by atoms with Crippen LogP contribution in [0.15, 0.2) is 65.6 Å². The number of sulfone groups is 1. The van der Waals surface area contributed by atoms with E-state index in [4.69, 9.17) is 0 Å². The van der Waals surface area contributed by atoms with Crippen molar-refractivity contribution in [2.24, 2.45) is 5.92 Å². The summed E-state index contributed by atoms with van der Waals surface area (Å²) in [6.45, 7) is 7.03. The molecular weight excluding hydrogens is 378 g/mol. The van der Waals surface area contributed by atoms with Crippen molar-refractivity contribution in [1.82, 2.24) is 4.90 Å². The summed E-state index contributed by atoms with van der Waals surface area (Å²) in [7, 11) is -3.31. The topological polar surface area (TPSA) is 37.4 Å². The van der Waals surface area contributed by atoms with E-state index in [0.717, 1.165) is 38.4 Å². The molecule has 1 atom stereocenters. The zero-order valence-corrected chi connectivity index (χ0v) is 18.7. The van der Waals surface area contributed by atoms with Crippen LogP contribution in [0.4, 0.5) is 0 Å². The van der Waals surface area contributed by atoms with E-state index >= 15 is 0 Å². The maximum absolute atomic E-state index is 13.0. The maximum Gasteiger partial charge on any atom is 0.183 e. The molecule has 1 fully saturated rings. The summed E-state index contributed by atoms with van der Waals surface area (Å²) >= 11 is 0. The first-order chi connectivity index (χ1) is 13.9. The Bertz CT molecular complexity index is 847. The van der Waals surface area contributed by atoms with Gasteiger partial charge in [-0.2, -0.15) is 0 Å². The van der Waals surface area contributed by atoms with Gasteiger partial charge >= 0.3 is 0 Å². The molecule has 0 bridgehead atoms. The lowest BCUT2D eigenvalue weighted by Gasteiger charge is -2.34. The quantitative estimate of drug-likeness (QED) is 0.555. The first-order valence-corrected chi connectivity index (χ1v) is 12.4. The lowest BCUT2D eigenvalue weighted by molar-refractivity contribution is 0.165. The SMILES string of the molecule is CC(C)(CCCN1CCCC(CCc2ccccc2)C1)S(=O)(=O)c1ccccc1. The molecule has 0 radical (unpaired) electrons. The molecule has 0 aliphatic carbocycles. The van der Waals surface area contributed by atoms with Crippen LogP contribution in [0.1, 0.15) is 51.5 Å². The third-order valence-corrected chi connectivity index (χ3v) is 8.87. The third-order valence-electron chi connectivity index (χ3n) is 6.32. The second kappa shape index (κ2) is 9.90. The highest BCUT2D eigenvalue weighted by Crippen LogP contribution is 2.30. The Morgan fingerprint density at radius 1 is 1.00 bits per heavy atom. The summed E-state index contributed by atoms with van der Waals surface area (Å²) in [5.74, 6) is 0.755. The average Bonchev–Trinajstić information content (AvgIpc) is 2.74. The minimum absolute atomic E-state index is 0.434. The van der Waals surface area contributed by atoms with E-state index in [9.17, 15) is 8.42 Å². The molecular formula is C25H35NO2S. The van der Waals surface area contributed by atoms with Crippen LogP contribution in [-0.4, -0.2) is 37.7 Å². The van der Waals surface area contributed by atoms with Gasteiger partial charge in [0.05, 0.1) is 9.64 Å². The smallest absolute Gasteiger partial charge is 0.183 e. The highest BCUT2D eigenvalue weighted by molar-refractivity contribution is 7.92. The normalized spacial score (nSPS) is 18.6. The van der Waals surface area contributed by atoms with Gasteiger partial charge in [0, 0.05) is 6.54 Å². The minimum atomic E-state index is -3.31. The van der Waals surface area contributed by atoms with Crippen LogP contribution < -0.4 is 0 Å². The molecule has 158 valence electrons. The predicted octanol–water partition coefficient (Wildman–Crippen LogP) is 5.36. The van der Waals surface area contributed by atoms with E-state index in [0.29, 0.717) is 11.3 Å². The zero-order chi connectivity index (χ0) is 20.7. The molecule has 1 aliphatic rings. The van der Waals surface area contributed by atoms with Crippen LogP contribution in [-0.2, 0) is 16.3 Å².